The van der Waals surface area contributed by atoms with Crippen LogP contribution in [-0.4, -0.2) is 64.7 Å². The quantitative estimate of drug-likeness (QED) is 0.585. The number of hydrogen-bond acceptors (Lipinski definition) is 5. The van der Waals surface area contributed by atoms with Gasteiger partial charge >= 0.3 is 0 Å². The summed E-state index contributed by atoms with van der Waals surface area (Å²) in [5, 5.41) is 16.1. The van der Waals surface area contributed by atoms with Gasteiger partial charge in [-0.1, -0.05) is 18.5 Å². The number of carbonyl (C=O) groups is 3. The Morgan fingerprint density at radius 2 is 2.03 bits per heavy atom. The Bertz CT molecular complexity index is 878. The number of hydrogen-bond donors (Lipinski definition) is 3. The lowest BCUT2D eigenvalue weighted by atomic mass is 9.70. The molecule has 1 spiro atoms. The van der Waals surface area contributed by atoms with E-state index in [9.17, 15) is 19.5 Å². The number of ether oxygens (including phenoxy) is 1. The molecule has 0 saturated carbocycles. The van der Waals surface area contributed by atoms with Crippen LogP contribution in [0.4, 0.5) is 5.69 Å². The second kappa shape index (κ2) is 8.41. The third kappa shape index (κ3) is 3.50. The number of anilines is 1. The van der Waals surface area contributed by atoms with Crippen molar-refractivity contribution in [2.24, 2.45) is 11.8 Å². The van der Waals surface area contributed by atoms with Gasteiger partial charge in [0.05, 0.1) is 30.6 Å². The number of nitrogens with zero attached hydrogens (tertiary/aromatic N) is 1. The molecular formula is C22H28ClN3O5. The number of fused-ring (bicyclic) bond motifs is 1. The number of amides is 3. The first kappa shape index (κ1) is 22.0. The summed E-state index contributed by atoms with van der Waals surface area (Å²) in [4.78, 5) is 41.3. The lowest BCUT2D eigenvalue weighted by Crippen LogP contribution is -2.55. The van der Waals surface area contributed by atoms with Gasteiger partial charge in [-0.25, -0.2) is 0 Å². The number of carbonyl (C=O) groups excluding carboxylic acids is 3. The van der Waals surface area contributed by atoms with E-state index < -0.39 is 35.4 Å². The van der Waals surface area contributed by atoms with Crippen molar-refractivity contribution < 1.29 is 24.2 Å². The summed E-state index contributed by atoms with van der Waals surface area (Å²) in [6.45, 7) is 3.88. The van der Waals surface area contributed by atoms with Crippen LogP contribution in [0.1, 0.15) is 33.1 Å². The van der Waals surface area contributed by atoms with E-state index >= 15 is 0 Å². The molecule has 1 aromatic rings. The zero-order valence-corrected chi connectivity index (χ0v) is 18.4. The van der Waals surface area contributed by atoms with Gasteiger partial charge in [0.15, 0.2) is 0 Å². The van der Waals surface area contributed by atoms with Gasteiger partial charge in [0.25, 0.3) is 0 Å². The Kier molecular flexibility index (Phi) is 5.98. The molecule has 9 heteroatoms. The second-order valence-corrected chi connectivity index (χ2v) is 9.06. The van der Waals surface area contributed by atoms with E-state index in [1.54, 1.807) is 31.2 Å². The van der Waals surface area contributed by atoms with E-state index in [0.29, 0.717) is 30.1 Å². The zero-order chi connectivity index (χ0) is 22.3. The minimum absolute atomic E-state index is 0.206. The molecular weight excluding hydrogens is 422 g/mol. The van der Waals surface area contributed by atoms with E-state index in [-0.39, 0.29) is 24.5 Å². The molecule has 3 saturated heterocycles. The highest BCUT2D eigenvalue weighted by Crippen LogP contribution is 2.58. The molecule has 3 amide bonds. The molecule has 3 aliphatic rings. The SMILES string of the molecule is CCCNC(=O)[C@@H]1[C@@H]2CCC3(O2)C(C(=O)Nc2ccc(Cl)cc2)N([C@H](C)CO)C(=O)[C@H]13. The van der Waals surface area contributed by atoms with Gasteiger partial charge in [-0.3, -0.25) is 14.4 Å². The largest absolute Gasteiger partial charge is 0.394 e. The first-order valence-corrected chi connectivity index (χ1v) is 11.2. The normalized spacial score (nSPS) is 32.1. The predicted molar refractivity (Wildman–Crippen MR) is 114 cm³/mol. The highest BCUT2D eigenvalue weighted by Gasteiger charge is 2.74. The molecule has 3 fully saturated rings. The Morgan fingerprint density at radius 3 is 2.68 bits per heavy atom. The predicted octanol–water partition coefficient (Wildman–Crippen LogP) is 1.56. The van der Waals surface area contributed by atoms with E-state index in [1.165, 1.54) is 4.90 Å². The molecule has 31 heavy (non-hydrogen) atoms. The topological polar surface area (TPSA) is 108 Å². The zero-order valence-electron chi connectivity index (χ0n) is 17.6. The van der Waals surface area contributed by atoms with Crippen LogP contribution in [0.25, 0.3) is 0 Å². The number of likely N-dealkylation sites (tertiary alicyclic amines) is 1. The maximum absolute atomic E-state index is 13.5. The van der Waals surface area contributed by atoms with Crippen molar-refractivity contribution in [3.63, 3.8) is 0 Å². The van der Waals surface area contributed by atoms with Crippen LogP contribution in [0.2, 0.25) is 5.02 Å². The average molecular weight is 450 g/mol. The van der Waals surface area contributed by atoms with Crippen LogP contribution in [-0.2, 0) is 19.1 Å². The van der Waals surface area contributed by atoms with Crippen molar-refractivity contribution in [1.82, 2.24) is 10.2 Å². The van der Waals surface area contributed by atoms with Crippen LogP contribution in [0, 0.1) is 11.8 Å². The van der Waals surface area contributed by atoms with Crippen molar-refractivity contribution in [3.05, 3.63) is 29.3 Å². The Balaban J connectivity index is 1.68. The van der Waals surface area contributed by atoms with Gasteiger partial charge in [-0.05, 0) is 50.5 Å². The molecule has 2 bridgehead atoms. The third-order valence-electron chi connectivity index (χ3n) is 6.69. The van der Waals surface area contributed by atoms with Gasteiger partial charge < -0.3 is 25.4 Å². The molecule has 0 radical (unpaired) electrons. The van der Waals surface area contributed by atoms with Crippen LogP contribution in [0.15, 0.2) is 24.3 Å². The molecule has 6 atom stereocenters. The molecule has 3 N–H and O–H groups in total. The van der Waals surface area contributed by atoms with Crippen molar-refractivity contribution >= 4 is 35.0 Å². The Labute approximate surface area is 186 Å². The fourth-order valence-corrected chi connectivity index (χ4v) is 5.49. The molecule has 4 rings (SSSR count). The van der Waals surface area contributed by atoms with Gasteiger partial charge in [0, 0.05) is 17.3 Å². The van der Waals surface area contributed by atoms with Crippen LogP contribution in [0.3, 0.4) is 0 Å². The molecule has 3 aliphatic heterocycles. The fourth-order valence-electron chi connectivity index (χ4n) is 5.36. The number of rotatable bonds is 7. The smallest absolute Gasteiger partial charge is 0.250 e. The standard InChI is InChI=1S/C22H28ClN3O5/c1-3-10-24-19(28)16-15-8-9-22(31-15)17(16)21(30)26(12(2)11-27)18(22)20(29)25-14-6-4-13(23)5-7-14/h4-7,12,15-18,27H,3,8-11H2,1-2H3,(H,24,28)(H,25,29)/t12-,15+,16-,17+,18?,22?/m1/s1. The van der Waals surface area contributed by atoms with Crippen molar-refractivity contribution in [1.29, 1.82) is 0 Å². The van der Waals surface area contributed by atoms with E-state index in [2.05, 4.69) is 10.6 Å². The van der Waals surface area contributed by atoms with Crippen molar-refractivity contribution in [2.75, 3.05) is 18.5 Å². The van der Waals surface area contributed by atoms with Gasteiger partial charge in [-0.2, -0.15) is 0 Å². The minimum Gasteiger partial charge on any atom is -0.394 e. The minimum atomic E-state index is -1.07. The summed E-state index contributed by atoms with van der Waals surface area (Å²) in [5.41, 5.74) is -0.529. The fraction of sp³-hybridized carbons (Fsp3) is 0.591. The summed E-state index contributed by atoms with van der Waals surface area (Å²) >= 11 is 5.93. The summed E-state index contributed by atoms with van der Waals surface area (Å²) in [7, 11) is 0. The lowest BCUT2D eigenvalue weighted by Gasteiger charge is -2.35. The molecule has 2 unspecified atom stereocenters. The van der Waals surface area contributed by atoms with Crippen molar-refractivity contribution in [2.45, 2.75) is 56.9 Å². The van der Waals surface area contributed by atoms with E-state index in [1.807, 2.05) is 6.92 Å². The Morgan fingerprint density at radius 1 is 1.32 bits per heavy atom. The van der Waals surface area contributed by atoms with Gasteiger partial charge in [0.2, 0.25) is 17.7 Å². The van der Waals surface area contributed by atoms with Crippen LogP contribution < -0.4 is 10.6 Å². The van der Waals surface area contributed by atoms with Gasteiger partial charge in [0.1, 0.15) is 11.6 Å². The van der Waals surface area contributed by atoms with Gasteiger partial charge in [-0.15, -0.1) is 0 Å². The number of benzene rings is 1. The monoisotopic (exact) mass is 449 g/mol. The molecule has 8 nitrogen and oxygen atoms in total. The van der Waals surface area contributed by atoms with Crippen molar-refractivity contribution in [3.8, 4) is 0 Å². The average Bonchev–Trinajstić information content (AvgIpc) is 3.40. The van der Waals surface area contributed by atoms with Crippen LogP contribution in [0.5, 0.6) is 0 Å². The first-order chi connectivity index (χ1) is 14.8. The maximum atomic E-state index is 13.5. The number of nitrogens with one attached hydrogen (secondary N) is 2. The van der Waals surface area contributed by atoms with E-state index in [0.717, 1.165) is 6.42 Å². The number of aliphatic hydroxyl groups is 1. The first-order valence-electron chi connectivity index (χ1n) is 10.8. The number of halogens is 1. The van der Waals surface area contributed by atoms with Crippen LogP contribution >= 0.6 is 11.6 Å². The summed E-state index contributed by atoms with van der Waals surface area (Å²) < 4.78 is 6.30. The molecule has 0 aromatic heterocycles. The molecule has 1 aromatic carbocycles. The molecule has 0 aliphatic carbocycles. The summed E-state index contributed by atoms with van der Waals surface area (Å²) in [6.07, 6.45) is 1.52. The highest BCUT2D eigenvalue weighted by atomic mass is 35.5. The maximum Gasteiger partial charge on any atom is 0.250 e. The Hall–Kier alpha value is -2.16. The molecule has 3 heterocycles. The summed E-state index contributed by atoms with van der Waals surface area (Å²) in [6, 6.07) is 5.17. The van der Waals surface area contributed by atoms with E-state index in [4.69, 9.17) is 16.3 Å². The lowest BCUT2D eigenvalue weighted by molar-refractivity contribution is -0.143. The highest BCUT2D eigenvalue weighted by molar-refractivity contribution is 6.30. The second-order valence-electron chi connectivity index (χ2n) is 8.62. The molecule has 168 valence electrons. The number of aliphatic hydroxyl groups excluding tert-OH is 1. The third-order valence-corrected chi connectivity index (χ3v) is 6.94. The summed E-state index contributed by atoms with van der Waals surface area (Å²) in [5.74, 6) is -2.28.